The predicted molar refractivity (Wildman–Crippen MR) is 35.8 cm³/mol. The molecule has 0 spiro atoms. The zero-order valence-electron chi connectivity index (χ0n) is 5.29. The molecule has 1 rings (SSSR count). The second-order valence-corrected chi connectivity index (χ2v) is 1.61. The average Bonchev–Trinajstić information content (AvgIpc) is 1.91. The smallest absolute Gasteiger partial charge is 0.163 e. The van der Waals surface area contributed by atoms with Crippen LogP contribution in [0.2, 0.25) is 0 Å². The Labute approximate surface area is 53.6 Å². The Morgan fingerprint density at radius 3 is 3.11 bits per heavy atom. The van der Waals surface area contributed by atoms with Crippen LogP contribution in [0.3, 0.4) is 0 Å². The second kappa shape index (κ2) is 3.19. The molecule has 0 aromatic carbocycles. The molecule has 1 N–H and O–H groups in total. The summed E-state index contributed by atoms with van der Waals surface area (Å²) in [6, 6.07) is 0. The van der Waals surface area contributed by atoms with Crippen molar-refractivity contribution in [3.8, 4) is 0 Å². The fourth-order valence-corrected chi connectivity index (χ4v) is 0.583. The lowest BCUT2D eigenvalue weighted by Gasteiger charge is -2.04. The van der Waals surface area contributed by atoms with Crippen LogP contribution in [0.4, 0.5) is 0 Å². The summed E-state index contributed by atoms with van der Waals surface area (Å²) in [4.78, 5) is 12.6. The maximum absolute atomic E-state index is 4.61. The Bertz CT molecular complexity index is 141. The van der Waals surface area contributed by atoms with Gasteiger partial charge in [0.2, 0.25) is 0 Å². The zero-order valence-corrected chi connectivity index (χ0v) is 5.29. The predicted octanol–water partition coefficient (Wildman–Crippen LogP) is -0.380. The van der Waals surface area contributed by atoms with Gasteiger partial charge >= 0.3 is 0 Å². The first-order valence-corrected chi connectivity index (χ1v) is 2.77. The first-order valence-electron chi connectivity index (χ1n) is 2.77. The molecule has 0 unspecified atom stereocenters. The summed E-state index contributed by atoms with van der Waals surface area (Å²) < 4.78 is 0. The van der Waals surface area contributed by atoms with E-state index in [0.29, 0.717) is 5.84 Å². The van der Waals surface area contributed by atoms with Crippen LogP contribution in [-0.4, -0.2) is 32.2 Å². The molecule has 1 aliphatic rings. The van der Waals surface area contributed by atoms with Gasteiger partial charge in [-0.1, -0.05) is 0 Å². The minimum Gasteiger partial charge on any atom is -0.287 e. The monoisotopic (exact) mass is 127 g/mol. The fourth-order valence-electron chi connectivity index (χ4n) is 0.583. The van der Waals surface area contributed by atoms with Crippen molar-refractivity contribution >= 4 is 12.1 Å². The molecular weight excluding hydrogens is 118 g/mol. The molecule has 0 atom stereocenters. The fraction of sp³-hybridized carbons (Fsp3) is 0.600. The first kappa shape index (κ1) is 6.22. The molecule has 0 radical (unpaired) electrons. The summed E-state index contributed by atoms with van der Waals surface area (Å²) in [7, 11) is 1.55. The van der Waals surface area contributed by atoms with Crippen molar-refractivity contribution < 1.29 is 4.84 Å². The Kier molecular flexibility index (Phi) is 2.21. The van der Waals surface area contributed by atoms with Crippen molar-refractivity contribution in [3.05, 3.63) is 0 Å². The Morgan fingerprint density at radius 2 is 2.56 bits per heavy atom. The summed E-state index contributed by atoms with van der Waals surface area (Å²) in [5.41, 5.74) is 2.59. The third-order valence-corrected chi connectivity index (χ3v) is 0.931. The van der Waals surface area contributed by atoms with Crippen LogP contribution in [-0.2, 0) is 4.84 Å². The van der Waals surface area contributed by atoms with Gasteiger partial charge in [0.25, 0.3) is 0 Å². The van der Waals surface area contributed by atoms with Gasteiger partial charge < -0.3 is 0 Å². The van der Waals surface area contributed by atoms with E-state index in [2.05, 4.69) is 20.3 Å². The number of hydrogen-bond donors (Lipinski definition) is 1. The highest BCUT2D eigenvalue weighted by molar-refractivity contribution is 6.29. The van der Waals surface area contributed by atoms with Crippen molar-refractivity contribution in [2.45, 2.75) is 0 Å². The minimum atomic E-state index is 0.698. The minimum absolute atomic E-state index is 0.698. The average molecular weight is 127 g/mol. The van der Waals surface area contributed by atoms with Crippen LogP contribution in [0, 0.1) is 0 Å². The number of amidine groups is 1. The molecule has 0 saturated heterocycles. The highest BCUT2D eigenvalue weighted by atomic mass is 16.6. The molecule has 4 nitrogen and oxygen atoms in total. The van der Waals surface area contributed by atoms with Crippen LogP contribution in [0.1, 0.15) is 0 Å². The lowest BCUT2D eigenvalue weighted by Crippen LogP contribution is -2.26. The summed E-state index contributed by atoms with van der Waals surface area (Å²) in [5.74, 6) is 0.698. The van der Waals surface area contributed by atoms with Gasteiger partial charge in [0.1, 0.15) is 0 Å². The highest BCUT2D eigenvalue weighted by Crippen LogP contribution is 1.82. The van der Waals surface area contributed by atoms with E-state index in [-0.39, 0.29) is 0 Å². The van der Waals surface area contributed by atoms with Crippen molar-refractivity contribution in [3.63, 3.8) is 0 Å². The van der Waals surface area contributed by atoms with Crippen molar-refractivity contribution in [2.24, 2.45) is 9.98 Å². The maximum atomic E-state index is 4.61. The van der Waals surface area contributed by atoms with Crippen LogP contribution >= 0.6 is 0 Å². The molecule has 0 bridgehead atoms. The second-order valence-electron chi connectivity index (χ2n) is 1.61. The summed E-state index contributed by atoms with van der Waals surface area (Å²) >= 11 is 0. The largest absolute Gasteiger partial charge is 0.287 e. The molecule has 50 valence electrons. The zero-order chi connectivity index (χ0) is 6.53. The molecule has 4 heteroatoms. The lowest BCUT2D eigenvalue weighted by atomic mass is 10.5. The van der Waals surface area contributed by atoms with Crippen LogP contribution < -0.4 is 5.48 Å². The van der Waals surface area contributed by atoms with Gasteiger partial charge in [-0.15, -0.1) is 0 Å². The van der Waals surface area contributed by atoms with E-state index >= 15 is 0 Å². The van der Waals surface area contributed by atoms with E-state index in [1.165, 1.54) is 0 Å². The van der Waals surface area contributed by atoms with Gasteiger partial charge in [-0.05, 0) is 0 Å². The number of rotatable bonds is 1. The number of hydrogen-bond acceptors (Lipinski definition) is 4. The SMILES string of the molecule is CONC1=NCCN=C1. The number of nitrogens with one attached hydrogen (secondary N) is 1. The van der Waals surface area contributed by atoms with Gasteiger partial charge in [-0.2, -0.15) is 0 Å². The molecule has 1 aliphatic heterocycles. The lowest BCUT2D eigenvalue weighted by molar-refractivity contribution is 0.146. The van der Waals surface area contributed by atoms with Crippen molar-refractivity contribution in [1.82, 2.24) is 5.48 Å². The van der Waals surface area contributed by atoms with E-state index in [1.807, 2.05) is 0 Å². The molecule has 0 saturated carbocycles. The van der Waals surface area contributed by atoms with E-state index < -0.39 is 0 Å². The standard InChI is InChI=1S/C5H9N3O/c1-9-8-5-4-6-2-3-7-5/h4H,2-3H2,1H3,(H,7,8). The van der Waals surface area contributed by atoms with E-state index in [4.69, 9.17) is 0 Å². The number of aliphatic imine (C=N–C) groups is 2. The molecule has 0 fully saturated rings. The number of hydroxylamine groups is 1. The molecule has 0 aromatic rings. The Morgan fingerprint density at radius 1 is 1.67 bits per heavy atom. The molecule has 0 aliphatic carbocycles. The third kappa shape index (κ3) is 1.81. The maximum Gasteiger partial charge on any atom is 0.163 e. The van der Waals surface area contributed by atoms with Crippen molar-refractivity contribution in [2.75, 3.05) is 20.2 Å². The topological polar surface area (TPSA) is 46.0 Å². The quantitative estimate of drug-likeness (QED) is 0.488. The summed E-state index contributed by atoms with van der Waals surface area (Å²) in [5, 5.41) is 0. The highest BCUT2D eigenvalue weighted by Gasteiger charge is 1.95. The summed E-state index contributed by atoms with van der Waals surface area (Å²) in [6.07, 6.45) is 1.66. The molecule has 9 heavy (non-hydrogen) atoms. The molecule has 0 amide bonds. The van der Waals surface area contributed by atoms with Crippen LogP contribution in [0.15, 0.2) is 9.98 Å². The van der Waals surface area contributed by atoms with Gasteiger partial charge in [-0.3, -0.25) is 14.8 Å². The van der Waals surface area contributed by atoms with Gasteiger partial charge in [0.15, 0.2) is 5.84 Å². The van der Waals surface area contributed by atoms with E-state index in [9.17, 15) is 0 Å². The Balaban J connectivity index is 2.38. The van der Waals surface area contributed by atoms with Gasteiger partial charge in [0.05, 0.1) is 26.4 Å². The molecule has 1 heterocycles. The molecule has 0 aromatic heterocycles. The van der Waals surface area contributed by atoms with Gasteiger partial charge in [-0.25, -0.2) is 5.48 Å². The van der Waals surface area contributed by atoms with Crippen LogP contribution in [0.5, 0.6) is 0 Å². The summed E-state index contributed by atoms with van der Waals surface area (Å²) in [6.45, 7) is 1.54. The Hall–Kier alpha value is -0.900. The van der Waals surface area contributed by atoms with Crippen molar-refractivity contribution in [1.29, 1.82) is 0 Å². The van der Waals surface area contributed by atoms with E-state index in [1.54, 1.807) is 13.3 Å². The first-order chi connectivity index (χ1) is 4.43. The normalized spacial score (nSPS) is 17.2. The van der Waals surface area contributed by atoms with Crippen LogP contribution in [0.25, 0.3) is 0 Å². The van der Waals surface area contributed by atoms with E-state index in [0.717, 1.165) is 13.1 Å². The van der Waals surface area contributed by atoms with Gasteiger partial charge in [0, 0.05) is 0 Å². The third-order valence-electron chi connectivity index (χ3n) is 0.931. The molecular formula is C5H9N3O. The number of nitrogens with zero attached hydrogens (tertiary/aromatic N) is 2.